The number of rotatable bonds is 3. The van der Waals surface area contributed by atoms with Crippen LogP contribution in [0.1, 0.15) is 25.7 Å². The molecule has 1 rings (SSSR count). The highest BCUT2D eigenvalue weighted by Crippen LogP contribution is 2.26. The van der Waals surface area contributed by atoms with Crippen molar-refractivity contribution in [1.82, 2.24) is 5.32 Å². The monoisotopic (exact) mass is 141 g/mol. The van der Waals surface area contributed by atoms with Crippen molar-refractivity contribution in [3.05, 3.63) is 0 Å². The zero-order chi connectivity index (χ0) is 7.45. The van der Waals surface area contributed by atoms with Crippen molar-refractivity contribution in [2.45, 2.75) is 31.2 Å². The molecule has 3 nitrogen and oxygen atoms in total. The minimum Gasteiger partial charge on any atom is -0.346 e. The first-order valence-electron chi connectivity index (χ1n) is 3.51. The van der Waals surface area contributed by atoms with E-state index >= 15 is 0 Å². The molecule has 0 aliphatic heterocycles. The molecule has 0 unspecified atom stereocenters. The van der Waals surface area contributed by atoms with Gasteiger partial charge in [-0.25, -0.2) is 0 Å². The van der Waals surface area contributed by atoms with E-state index in [1.54, 1.807) is 0 Å². The van der Waals surface area contributed by atoms with E-state index in [9.17, 15) is 9.59 Å². The Morgan fingerprint density at radius 1 is 1.20 bits per heavy atom. The molecule has 0 saturated heterocycles. The number of carbonyl (C=O) groups excluding carboxylic acids is 2. The van der Waals surface area contributed by atoms with Gasteiger partial charge in [-0.05, 0) is 12.8 Å². The van der Waals surface area contributed by atoms with Gasteiger partial charge in [0.05, 0.1) is 5.54 Å². The number of nitrogens with one attached hydrogen (secondary N) is 1. The molecule has 0 aromatic rings. The fourth-order valence-electron chi connectivity index (χ4n) is 1.42. The number of hydrogen-bond donors (Lipinski definition) is 1. The summed E-state index contributed by atoms with van der Waals surface area (Å²) in [6.07, 6.45) is 5.15. The Labute approximate surface area is 59.8 Å². The zero-order valence-corrected chi connectivity index (χ0v) is 5.80. The second-order valence-corrected chi connectivity index (χ2v) is 2.74. The maximum Gasteiger partial charge on any atom is 0.207 e. The summed E-state index contributed by atoms with van der Waals surface area (Å²) in [5.41, 5.74) is -0.512. The molecule has 0 bridgehead atoms. The number of carbonyl (C=O) groups is 2. The average molecular weight is 141 g/mol. The van der Waals surface area contributed by atoms with E-state index in [1.807, 2.05) is 0 Å². The normalized spacial score (nSPS) is 22.0. The Hall–Kier alpha value is -0.860. The van der Waals surface area contributed by atoms with Gasteiger partial charge in [-0.3, -0.25) is 4.79 Å². The molecular formula is C7H11NO2. The Kier molecular flexibility index (Phi) is 2.04. The predicted molar refractivity (Wildman–Crippen MR) is 36.5 cm³/mol. The van der Waals surface area contributed by atoms with Crippen LogP contribution in [0.15, 0.2) is 0 Å². The van der Waals surface area contributed by atoms with Gasteiger partial charge in [-0.2, -0.15) is 0 Å². The molecule has 1 fully saturated rings. The molecule has 1 N–H and O–H groups in total. The molecule has 0 radical (unpaired) electrons. The van der Waals surface area contributed by atoms with Crippen LogP contribution in [0, 0.1) is 0 Å². The van der Waals surface area contributed by atoms with Crippen LogP contribution in [0.5, 0.6) is 0 Å². The van der Waals surface area contributed by atoms with Gasteiger partial charge < -0.3 is 10.1 Å². The van der Waals surface area contributed by atoms with Crippen molar-refractivity contribution < 1.29 is 9.59 Å². The average Bonchev–Trinajstić information content (AvgIpc) is 2.39. The summed E-state index contributed by atoms with van der Waals surface area (Å²) < 4.78 is 0. The molecule has 1 amide bonds. The first-order chi connectivity index (χ1) is 4.83. The lowest BCUT2D eigenvalue weighted by molar-refractivity contribution is -0.118. The topological polar surface area (TPSA) is 46.2 Å². The zero-order valence-electron chi connectivity index (χ0n) is 5.80. The minimum atomic E-state index is -0.512. The summed E-state index contributed by atoms with van der Waals surface area (Å²) in [6.45, 7) is 0. The second-order valence-electron chi connectivity index (χ2n) is 2.74. The third kappa shape index (κ3) is 1.17. The Bertz CT molecular complexity index is 139. The number of aldehydes is 1. The third-order valence-corrected chi connectivity index (χ3v) is 2.07. The van der Waals surface area contributed by atoms with Crippen LogP contribution in [0.3, 0.4) is 0 Å². The van der Waals surface area contributed by atoms with Crippen LogP contribution in [0.4, 0.5) is 0 Å². The van der Waals surface area contributed by atoms with Gasteiger partial charge in [0, 0.05) is 0 Å². The molecule has 10 heavy (non-hydrogen) atoms. The lowest BCUT2D eigenvalue weighted by atomic mass is 10.0. The minimum absolute atomic E-state index is 0.512. The molecule has 1 saturated carbocycles. The summed E-state index contributed by atoms with van der Waals surface area (Å²) in [5.74, 6) is 0. The van der Waals surface area contributed by atoms with Crippen LogP contribution in [-0.2, 0) is 9.59 Å². The fraction of sp³-hybridized carbons (Fsp3) is 0.714. The highest BCUT2D eigenvalue weighted by atomic mass is 16.1. The molecular weight excluding hydrogens is 130 g/mol. The van der Waals surface area contributed by atoms with Crippen molar-refractivity contribution >= 4 is 12.7 Å². The van der Waals surface area contributed by atoms with Crippen LogP contribution < -0.4 is 5.32 Å². The highest BCUT2D eigenvalue weighted by molar-refractivity contribution is 5.69. The first-order valence-corrected chi connectivity index (χ1v) is 3.51. The van der Waals surface area contributed by atoms with Crippen LogP contribution >= 0.6 is 0 Å². The van der Waals surface area contributed by atoms with Gasteiger partial charge in [0.15, 0.2) is 0 Å². The van der Waals surface area contributed by atoms with Crippen LogP contribution in [0.25, 0.3) is 0 Å². The van der Waals surface area contributed by atoms with Gasteiger partial charge in [-0.15, -0.1) is 0 Å². The quantitative estimate of drug-likeness (QED) is 0.572. The number of amides is 1. The van der Waals surface area contributed by atoms with Crippen LogP contribution in [-0.4, -0.2) is 18.2 Å². The Morgan fingerprint density at radius 2 is 1.80 bits per heavy atom. The third-order valence-electron chi connectivity index (χ3n) is 2.07. The van der Waals surface area contributed by atoms with Crippen molar-refractivity contribution in [2.24, 2.45) is 0 Å². The molecule has 0 heterocycles. The predicted octanol–water partition coefficient (Wildman–Crippen LogP) is 0.244. The molecule has 56 valence electrons. The van der Waals surface area contributed by atoms with E-state index in [0.717, 1.165) is 32.0 Å². The SMILES string of the molecule is O=CNC1(C=O)CCCC1. The van der Waals surface area contributed by atoms with E-state index in [-0.39, 0.29) is 0 Å². The standard InChI is InChI=1S/C7H11NO2/c9-5-7(8-6-10)3-1-2-4-7/h5-6H,1-4H2,(H,8,10). The van der Waals surface area contributed by atoms with Gasteiger partial charge >= 0.3 is 0 Å². The molecule has 1 aliphatic carbocycles. The van der Waals surface area contributed by atoms with Crippen molar-refractivity contribution in [1.29, 1.82) is 0 Å². The van der Waals surface area contributed by atoms with E-state index in [0.29, 0.717) is 6.41 Å². The van der Waals surface area contributed by atoms with Crippen LogP contribution in [0.2, 0.25) is 0 Å². The van der Waals surface area contributed by atoms with Gasteiger partial charge in [0.1, 0.15) is 6.29 Å². The lowest BCUT2D eigenvalue weighted by Crippen LogP contribution is -2.43. The van der Waals surface area contributed by atoms with Gasteiger partial charge in [-0.1, -0.05) is 12.8 Å². The van der Waals surface area contributed by atoms with E-state index < -0.39 is 5.54 Å². The molecule has 3 heteroatoms. The molecule has 0 aromatic heterocycles. The summed E-state index contributed by atoms with van der Waals surface area (Å²) in [4.78, 5) is 20.6. The summed E-state index contributed by atoms with van der Waals surface area (Å²) >= 11 is 0. The fourth-order valence-corrected chi connectivity index (χ4v) is 1.42. The molecule has 1 aliphatic rings. The second kappa shape index (κ2) is 2.82. The Morgan fingerprint density at radius 3 is 2.20 bits per heavy atom. The lowest BCUT2D eigenvalue weighted by Gasteiger charge is -2.19. The highest BCUT2D eigenvalue weighted by Gasteiger charge is 2.32. The van der Waals surface area contributed by atoms with Crippen molar-refractivity contribution in [2.75, 3.05) is 0 Å². The van der Waals surface area contributed by atoms with Crippen molar-refractivity contribution in [3.8, 4) is 0 Å². The Balaban J connectivity index is 2.57. The number of hydrogen-bond acceptors (Lipinski definition) is 2. The smallest absolute Gasteiger partial charge is 0.207 e. The maximum atomic E-state index is 10.5. The van der Waals surface area contributed by atoms with E-state index in [1.165, 1.54) is 0 Å². The summed E-state index contributed by atoms with van der Waals surface area (Å²) in [5, 5.41) is 2.56. The summed E-state index contributed by atoms with van der Waals surface area (Å²) in [6, 6.07) is 0. The first kappa shape index (κ1) is 7.25. The van der Waals surface area contributed by atoms with E-state index in [4.69, 9.17) is 0 Å². The van der Waals surface area contributed by atoms with E-state index in [2.05, 4.69) is 5.32 Å². The van der Waals surface area contributed by atoms with Gasteiger partial charge in [0.2, 0.25) is 6.41 Å². The molecule has 0 aromatic carbocycles. The van der Waals surface area contributed by atoms with Crippen molar-refractivity contribution in [3.63, 3.8) is 0 Å². The molecule has 0 spiro atoms. The van der Waals surface area contributed by atoms with Gasteiger partial charge in [0.25, 0.3) is 0 Å². The summed E-state index contributed by atoms with van der Waals surface area (Å²) in [7, 11) is 0. The molecule has 0 atom stereocenters. The maximum absolute atomic E-state index is 10.5. The largest absolute Gasteiger partial charge is 0.346 e.